The number of nitrogens with two attached hydrogens (primary N) is 1. The second kappa shape index (κ2) is 6.64. The Balaban J connectivity index is 2.19. The monoisotopic (exact) mass is 394 g/mol. The summed E-state index contributed by atoms with van der Waals surface area (Å²) >= 11 is 9.02. The first-order chi connectivity index (χ1) is 9.79. The lowest BCUT2D eigenvalue weighted by Gasteiger charge is -2.12. The maximum atomic E-state index is 12.1. The molecule has 0 aromatic heterocycles. The van der Waals surface area contributed by atoms with Gasteiger partial charge in [-0.05, 0) is 46.8 Å². The number of nitrogens with one attached hydrogen (secondary N) is 1. The molecule has 0 atom stereocenters. The number of primary sulfonamides is 1. The second-order valence-corrected chi connectivity index (χ2v) is 7.91. The van der Waals surface area contributed by atoms with E-state index in [9.17, 15) is 13.2 Å². The summed E-state index contributed by atoms with van der Waals surface area (Å²) in [5, 5.41) is 8.07. The van der Waals surface area contributed by atoms with Gasteiger partial charge in [-0.25, -0.2) is 13.6 Å². The molecule has 0 bridgehead atoms. The molecule has 0 aliphatic heterocycles. The Morgan fingerprint density at radius 1 is 1.38 bits per heavy atom. The molecule has 1 aromatic carbocycles. The van der Waals surface area contributed by atoms with Crippen LogP contribution in [0, 0.1) is 5.92 Å². The molecule has 1 aliphatic rings. The molecule has 1 saturated carbocycles. The number of halogens is 2. The zero-order chi connectivity index (χ0) is 15.6. The summed E-state index contributed by atoms with van der Waals surface area (Å²) in [6.45, 7) is 0.594. The van der Waals surface area contributed by atoms with E-state index in [0.717, 1.165) is 12.8 Å². The molecule has 21 heavy (non-hydrogen) atoms. The maximum absolute atomic E-state index is 12.1. The summed E-state index contributed by atoms with van der Waals surface area (Å²) in [7, 11) is -3.95. The minimum absolute atomic E-state index is 0.132. The predicted octanol–water partition coefficient (Wildman–Crippen LogP) is 2.67. The fourth-order valence-electron chi connectivity index (χ4n) is 2.46. The van der Waals surface area contributed by atoms with Gasteiger partial charge >= 0.3 is 0 Å². The van der Waals surface area contributed by atoms with Crippen LogP contribution in [-0.2, 0) is 10.0 Å². The largest absolute Gasteiger partial charge is 0.352 e. The van der Waals surface area contributed by atoms with Crippen LogP contribution in [0.3, 0.4) is 0 Å². The van der Waals surface area contributed by atoms with Crippen LogP contribution in [0.5, 0.6) is 0 Å². The van der Waals surface area contributed by atoms with Crippen LogP contribution < -0.4 is 10.5 Å². The van der Waals surface area contributed by atoms with E-state index in [-0.39, 0.29) is 25.9 Å². The lowest BCUT2D eigenvalue weighted by atomic mass is 10.1. The Hall–Kier alpha value is -0.630. The van der Waals surface area contributed by atoms with Crippen LogP contribution >= 0.6 is 27.5 Å². The van der Waals surface area contributed by atoms with E-state index in [4.69, 9.17) is 16.7 Å². The summed E-state index contributed by atoms with van der Waals surface area (Å²) < 4.78 is 23.2. The van der Waals surface area contributed by atoms with Gasteiger partial charge in [-0.2, -0.15) is 0 Å². The van der Waals surface area contributed by atoms with Crippen LogP contribution in [-0.4, -0.2) is 20.9 Å². The van der Waals surface area contributed by atoms with Gasteiger partial charge in [0.1, 0.15) is 0 Å². The third-order valence-electron chi connectivity index (χ3n) is 3.59. The molecule has 0 saturated heterocycles. The molecule has 2 rings (SSSR count). The molecule has 3 N–H and O–H groups in total. The molecule has 0 spiro atoms. The number of carbonyl (C=O) groups excluding carboxylic acids is 1. The normalized spacial score (nSPS) is 16.1. The molecule has 1 aromatic rings. The summed E-state index contributed by atoms with van der Waals surface area (Å²) in [6, 6.07) is 2.65. The number of sulfonamides is 1. The van der Waals surface area contributed by atoms with Crippen molar-refractivity contribution in [2.45, 2.75) is 30.6 Å². The Kier molecular flexibility index (Phi) is 5.29. The van der Waals surface area contributed by atoms with Gasteiger partial charge in [-0.3, -0.25) is 4.79 Å². The highest BCUT2D eigenvalue weighted by Crippen LogP contribution is 2.30. The van der Waals surface area contributed by atoms with E-state index < -0.39 is 10.0 Å². The molecular weight excluding hydrogens is 380 g/mol. The zero-order valence-electron chi connectivity index (χ0n) is 11.2. The molecule has 8 heteroatoms. The Labute approximate surface area is 137 Å². The molecule has 116 valence electrons. The first kappa shape index (κ1) is 16.7. The van der Waals surface area contributed by atoms with Crippen molar-refractivity contribution in [3.8, 4) is 0 Å². The number of hydrogen-bond donors (Lipinski definition) is 2. The van der Waals surface area contributed by atoms with Gasteiger partial charge in [0.15, 0.2) is 0 Å². The van der Waals surface area contributed by atoms with Gasteiger partial charge in [0, 0.05) is 12.1 Å². The lowest BCUT2D eigenvalue weighted by Crippen LogP contribution is -2.28. The number of benzene rings is 1. The van der Waals surface area contributed by atoms with Crippen molar-refractivity contribution in [1.29, 1.82) is 0 Å². The van der Waals surface area contributed by atoms with Crippen molar-refractivity contribution < 1.29 is 13.2 Å². The number of amides is 1. The average molecular weight is 396 g/mol. The summed E-state index contributed by atoms with van der Waals surface area (Å²) in [4.78, 5) is 11.9. The quantitative estimate of drug-likeness (QED) is 0.821. The van der Waals surface area contributed by atoms with Gasteiger partial charge < -0.3 is 5.32 Å². The SMILES string of the molecule is NS(=O)(=O)c1cc(C(=O)NCC2CCCC2)cc(Cl)c1Br. The average Bonchev–Trinajstić information content (AvgIpc) is 2.90. The zero-order valence-corrected chi connectivity index (χ0v) is 14.4. The third kappa shape index (κ3) is 4.18. The van der Waals surface area contributed by atoms with E-state index in [1.54, 1.807) is 0 Å². The number of rotatable bonds is 4. The van der Waals surface area contributed by atoms with Gasteiger partial charge in [-0.1, -0.05) is 24.4 Å². The second-order valence-electron chi connectivity index (χ2n) is 5.18. The van der Waals surface area contributed by atoms with Crippen LogP contribution in [0.15, 0.2) is 21.5 Å². The maximum Gasteiger partial charge on any atom is 0.251 e. The van der Waals surface area contributed by atoms with E-state index in [2.05, 4.69) is 21.2 Å². The molecule has 1 fully saturated rings. The van der Waals surface area contributed by atoms with Crippen molar-refractivity contribution >= 4 is 43.5 Å². The fourth-order valence-corrected chi connectivity index (χ4v) is 4.29. The molecule has 5 nitrogen and oxygen atoms in total. The van der Waals surface area contributed by atoms with Crippen LogP contribution in [0.4, 0.5) is 0 Å². The van der Waals surface area contributed by atoms with Crippen LogP contribution in [0.1, 0.15) is 36.0 Å². The topological polar surface area (TPSA) is 89.3 Å². The van der Waals surface area contributed by atoms with E-state index in [0.29, 0.717) is 12.5 Å². The van der Waals surface area contributed by atoms with Crippen molar-refractivity contribution in [1.82, 2.24) is 5.32 Å². The molecule has 1 amide bonds. The van der Waals surface area contributed by atoms with E-state index in [1.165, 1.54) is 25.0 Å². The van der Waals surface area contributed by atoms with Crippen molar-refractivity contribution in [3.63, 3.8) is 0 Å². The molecule has 0 unspecified atom stereocenters. The molecular formula is C13H16BrClN2O3S. The fraction of sp³-hybridized carbons (Fsp3) is 0.462. The summed E-state index contributed by atoms with van der Waals surface area (Å²) in [5.74, 6) is 0.152. The predicted molar refractivity (Wildman–Crippen MR) is 84.8 cm³/mol. The number of carbonyl (C=O) groups is 1. The highest BCUT2D eigenvalue weighted by atomic mass is 79.9. The van der Waals surface area contributed by atoms with Gasteiger partial charge in [0.05, 0.1) is 14.4 Å². The van der Waals surface area contributed by atoms with E-state index in [1.807, 2.05) is 0 Å². The Bertz CT molecular complexity index is 658. The highest BCUT2D eigenvalue weighted by Gasteiger charge is 2.20. The standard InChI is InChI=1S/C13H16BrClN2O3S/c14-12-10(15)5-9(6-11(12)21(16,19)20)13(18)17-7-8-3-1-2-4-8/h5-6,8H,1-4,7H2,(H,17,18)(H2,16,19,20). The molecule has 0 heterocycles. The van der Waals surface area contributed by atoms with Crippen molar-refractivity contribution in [2.75, 3.05) is 6.54 Å². The van der Waals surface area contributed by atoms with E-state index >= 15 is 0 Å². The lowest BCUT2D eigenvalue weighted by molar-refractivity contribution is 0.0947. The highest BCUT2D eigenvalue weighted by molar-refractivity contribution is 9.10. The van der Waals surface area contributed by atoms with Gasteiger partial charge in [0.25, 0.3) is 5.91 Å². The minimum Gasteiger partial charge on any atom is -0.352 e. The first-order valence-corrected chi connectivity index (χ1v) is 9.31. The van der Waals surface area contributed by atoms with Crippen LogP contribution in [0.2, 0.25) is 5.02 Å². The smallest absolute Gasteiger partial charge is 0.251 e. The van der Waals surface area contributed by atoms with Gasteiger partial charge in [-0.15, -0.1) is 0 Å². The minimum atomic E-state index is -3.95. The Morgan fingerprint density at radius 2 is 2.00 bits per heavy atom. The van der Waals surface area contributed by atoms with Crippen molar-refractivity contribution in [3.05, 3.63) is 27.2 Å². The van der Waals surface area contributed by atoms with Crippen LogP contribution in [0.25, 0.3) is 0 Å². The van der Waals surface area contributed by atoms with Crippen molar-refractivity contribution in [2.24, 2.45) is 11.1 Å². The molecule has 1 aliphatic carbocycles. The summed E-state index contributed by atoms with van der Waals surface area (Å²) in [5.41, 5.74) is 0.185. The first-order valence-electron chi connectivity index (χ1n) is 6.59. The third-order valence-corrected chi connectivity index (χ3v) is 6.17. The Morgan fingerprint density at radius 3 is 2.57 bits per heavy atom. The number of hydrogen-bond acceptors (Lipinski definition) is 3. The molecule has 0 radical (unpaired) electrons. The summed E-state index contributed by atoms with van der Waals surface area (Å²) in [6.07, 6.45) is 4.62. The van der Waals surface area contributed by atoms with Gasteiger partial charge in [0.2, 0.25) is 10.0 Å².